The van der Waals surface area contributed by atoms with Crippen molar-refractivity contribution in [2.24, 2.45) is 34.5 Å². The van der Waals surface area contributed by atoms with Crippen molar-refractivity contribution >= 4 is 0 Å². The highest BCUT2D eigenvalue weighted by atomic mass is 16.5. The molecule has 30 heavy (non-hydrogen) atoms. The van der Waals surface area contributed by atoms with Crippen LogP contribution in [0.2, 0.25) is 0 Å². The zero-order valence-electron chi connectivity index (χ0n) is 20.0. The van der Waals surface area contributed by atoms with Crippen LogP contribution >= 0.6 is 0 Å². The summed E-state index contributed by atoms with van der Waals surface area (Å²) in [6.07, 6.45) is 13.1. The summed E-state index contributed by atoms with van der Waals surface area (Å²) in [7, 11) is 2.23. The van der Waals surface area contributed by atoms with Crippen LogP contribution in [0.4, 0.5) is 0 Å². The number of likely N-dealkylation sites (N-methyl/N-ethyl adjacent to an activating group) is 1. The van der Waals surface area contributed by atoms with E-state index in [1.54, 1.807) is 5.57 Å². The third-order valence-corrected chi connectivity index (χ3v) is 10.9. The largest absolute Gasteiger partial charge is 0.377 e. The molecule has 0 bridgehead atoms. The van der Waals surface area contributed by atoms with E-state index in [2.05, 4.69) is 37.3 Å². The second-order valence-corrected chi connectivity index (χ2v) is 12.2. The molecule has 170 valence electrons. The SMILES string of the molecule is C=C1CCC2C3CCC4C[C@@H](OCCN5CCN(C)CC5)CC[C@]4(C)C3CC[C@]12C. The van der Waals surface area contributed by atoms with E-state index in [-0.39, 0.29) is 0 Å². The quantitative estimate of drug-likeness (QED) is 0.587. The van der Waals surface area contributed by atoms with E-state index in [0.29, 0.717) is 16.9 Å². The molecule has 0 spiro atoms. The van der Waals surface area contributed by atoms with Crippen LogP contribution in [0.25, 0.3) is 0 Å². The Morgan fingerprint density at radius 1 is 0.967 bits per heavy atom. The summed E-state index contributed by atoms with van der Waals surface area (Å²) in [6, 6.07) is 0. The van der Waals surface area contributed by atoms with Gasteiger partial charge in [0.2, 0.25) is 0 Å². The molecule has 7 atom stereocenters. The molecule has 1 aliphatic heterocycles. The van der Waals surface area contributed by atoms with Crippen LogP contribution in [0.15, 0.2) is 12.2 Å². The number of nitrogens with zero attached hydrogens (tertiary/aromatic N) is 2. The van der Waals surface area contributed by atoms with Crippen molar-refractivity contribution < 1.29 is 4.74 Å². The van der Waals surface area contributed by atoms with Gasteiger partial charge in [0.1, 0.15) is 0 Å². The lowest BCUT2D eigenvalue weighted by molar-refractivity contribution is -0.127. The summed E-state index contributed by atoms with van der Waals surface area (Å²) in [6.45, 7) is 16.6. The maximum Gasteiger partial charge on any atom is 0.0597 e. The summed E-state index contributed by atoms with van der Waals surface area (Å²) in [4.78, 5) is 5.03. The Balaban J connectivity index is 1.16. The van der Waals surface area contributed by atoms with Crippen molar-refractivity contribution in [1.29, 1.82) is 0 Å². The van der Waals surface area contributed by atoms with E-state index in [0.717, 1.165) is 36.8 Å². The molecule has 0 aromatic rings. The van der Waals surface area contributed by atoms with Crippen molar-refractivity contribution in [2.45, 2.75) is 77.7 Å². The Morgan fingerprint density at radius 2 is 1.77 bits per heavy atom. The molecule has 0 radical (unpaired) electrons. The van der Waals surface area contributed by atoms with Crippen LogP contribution in [0.5, 0.6) is 0 Å². The maximum absolute atomic E-state index is 6.48. The van der Waals surface area contributed by atoms with Crippen LogP contribution < -0.4 is 0 Å². The van der Waals surface area contributed by atoms with Crippen LogP contribution in [0.3, 0.4) is 0 Å². The molecule has 4 aliphatic carbocycles. The fourth-order valence-corrected chi connectivity index (χ4v) is 8.70. The first-order valence-electron chi connectivity index (χ1n) is 13.1. The van der Waals surface area contributed by atoms with Gasteiger partial charge in [-0.2, -0.15) is 0 Å². The van der Waals surface area contributed by atoms with Gasteiger partial charge in [-0.15, -0.1) is 0 Å². The highest BCUT2D eigenvalue weighted by Crippen LogP contribution is 2.67. The molecule has 3 heteroatoms. The summed E-state index contributed by atoms with van der Waals surface area (Å²) in [5.41, 5.74) is 2.62. The van der Waals surface area contributed by atoms with Crippen LogP contribution in [-0.2, 0) is 4.74 Å². The number of rotatable bonds is 4. The second-order valence-electron chi connectivity index (χ2n) is 12.2. The van der Waals surface area contributed by atoms with Gasteiger partial charge in [-0.25, -0.2) is 0 Å². The fourth-order valence-electron chi connectivity index (χ4n) is 8.70. The van der Waals surface area contributed by atoms with Gasteiger partial charge < -0.3 is 9.64 Å². The number of hydrogen-bond acceptors (Lipinski definition) is 3. The molecular formula is C27H46N2O. The van der Waals surface area contributed by atoms with Gasteiger partial charge in [-0.1, -0.05) is 26.0 Å². The third-order valence-electron chi connectivity index (χ3n) is 10.9. The van der Waals surface area contributed by atoms with Crippen LogP contribution in [-0.4, -0.2) is 62.3 Å². The molecule has 0 aromatic heterocycles. The lowest BCUT2D eigenvalue weighted by Gasteiger charge is -2.60. The number of allylic oxidation sites excluding steroid dienone is 1. The van der Waals surface area contributed by atoms with Gasteiger partial charge in [0, 0.05) is 32.7 Å². The lowest BCUT2D eigenvalue weighted by Crippen LogP contribution is -2.53. The summed E-state index contributed by atoms with van der Waals surface area (Å²) >= 11 is 0. The van der Waals surface area contributed by atoms with Gasteiger partial charge in [0.05, 0.1) is 12.7 Å². The van der Waals surface area contributed by atoms with Gasteiger partial charge >= 0.3 is 0 Å². The molecule has 5 fully saturated rings. The van der Waals surface area contributed by atoms with E-state index in [4.69, 9.17) is 4.74 Å². The van der Waals surface area contributed by atoms with E-state index in [1.165, 1.54) is 84.0 Å². The molecular weight excluding hydrogens is 368 g/mol. The Morgan fingerprint density at radius 3 is 2.57 bits per heavy atom. The maximum atomic E-state index is 6.48. The van der Waals surface area contributed by atoms with E-state index < -0.39 is 0 Å². The van der Waals surface area contributed by atoms with Crippen molar-refractivity contribution in [3.63, 3.8) is 0 Å². The van der Waals surface area contributed by atoms with Gasteiger partial charge in [0.15, 0.2) is 0 Å². The van der Waals surface area contributed by atoms with Crippen molar-refractivity contribution in [3.05, 3.63) is 12.2 Å². The smallest absolute Gasteiger partial charge is 0.0597 e. The predicted molar refractivity (Wildman–Crippen MR) is 125 cm³/mol. The van der Waals surface area contributed by atoms with Crippen molar-refractivity contribution in [2.75, 3.05) is 46.4 Å². The first-order chi connectivity index (χ1) is 14.4. The molecule has 4 saturated carbocycles. The van der Waals surface area contributed by atoms with Gasteiger partial charge in [0.25, 0.3) is 0 Å². The Hall–Kier alpha value is -0.380. The average Bonchev–Trinajstić information content (AvgIpc) is 3.04. The average molecular weight is 415 g/mol. The van der Waals surface area contributed by atoms with E-state index >= 15 is 0 Å². The van der Waals surface area contributed by atoms with Crippen molar-refractivity contribution in [3.8, 4) is 0 Å². The molecule has 4 unspecified atom stereocenters. The highest BCUT2D eigenvalue weighted by Gasteiger charge is 2.58. The van der Waals surface area contributed by atoms with Crippen LogP contribution in [0.1, 0.15) is 71.6 Å². The zero-order chi connectivity index (χ0) is 20.9. The summed E-state index contributed by atoms with van der Waals surface area (Å²) < 4.78 is 6.48. The number of ether oxygens (including phenoxy) is 1. The molecule has 5 aliphatic rings. The minimum atomic E-state index is 0.466. The standard InChI is InChI=1S/C27H46N2O/c1-20-5-8-24-23-7-6-21-19-22(30-18-17-29-15-13-28(4)14-16-29)9-11-27(21,3)25(23)10-12-26(20,24)2/h21-25H,1,5-19H2,2-4H3/t21?,22-,23?,24?,25?,26+,27-/m0/s1. The molecule has 0 N–H and O–H groups in total. The van der Waals surface area contributed by atoms with Gasteiger partial charge in [-0.05, 0) is 99.3 Å². The molecule has 0 amide bonds. The Kier molecular flexibility index (Phi) is 5.86. The monoisotopic (exact) mass is 414 g/mol. The molecule has 3 nitrogen and oxygen atoms in total. The van der Waals surface area contributed by atoms with Crippen molar-refractivity contribution in [1.82, 2.24) is 9.80 Å². The first kappa shape index (κ1) is 21.5. The van der Waals surface area contributed by atoms with Gasteiger partial charge in [-0.3, -0.25) is 4.90 Å². The summed E-state index contributed by atoms with van der Waals surface area (Å²) in [5.74, 6) is 3.76. The number of hydrogen-bond donors (Lipinski definition) is 0. The highest BCUT2D eigenvalue weighted by molar-refractivity contribution is 5.21. The lowest BCUT2D eigenvalue weighted by atomic mass is 9.45. The molecule has 1 heterocycles. The predicted octanol–water partition coefficient (Wildman–Crippen LogP) is 5.22. The fraction of sp³-hybridized carbons (Fsp3) is 0.926. The topological polar surface area (TPSA) is 15.7 Å². The molecule has 1 saturated heterocycles. The Bertz CT molecular complexity index is 641. The number of fused-ring (bicyclic) bond motifs is 5. The van der Waals surface area contributed by atoms with Crippen LogP contribution in [0, 0.1) is 34.5 Å². The summed E-state index contributed by atoms with van der Waals surface area (Å²) in [5, 5.41) is 0. The van der Waals surface area contributed by atoms with E-state index in [1.807, 2.05) is 0 Å². The zero-order valence-corrected chi connectivity index (χ0v) is 20.0. The normalized spacial score (nSPS) is 47.6. The van der Waals surface area contributed by atoms with E-state index in [9.17, 15) is 0 Å². The number of piperazine rings is 1. The third kappa shape index (κ3) is 3.61. The minimum absolute atomic E-state index is 0.466. The first-order valence-corrected chi connectivity index (χ1v) is 13.1. The molecule has 0 aromatic carbocycles. The minimum Gasteiger partial charge on any atom is -0.377 e. The second kappa shape index (κ2) is 8.19. The Labute approximate surface area is 185 Å². The molecule has 5 rings (SSSR count).